The van der Waals surface area contributed by atoms with Gasteiger partial charge in [-0.25, -0.2) is 0 Å². The van der Waals surface area contributed by atoms with Gasteiger partial charge >= 0.3 is 5.97 Å². The smallest absolute Gasteiger partial charge is 0.308 e. The second kappa shape index (κ2) is 14.4. The lowest BCUT2D eigenvalue weighted by molar-refractivity contribution is -0.148. The van der Waals surface area contributed by atoms with Crippen LogP contribution in [0.2, 0.25) is 0 Å². The Balaban J connectivity index is 2.99. The molecule has 0 aromatic heterocycles. The SMILES string of the molecule is CC(C)N[C@H](C(=O)N[C@@H](C)C(=O)Nc1ccc(COC(=O)C(C)C)c(C(=O)NCCN)c1)C(C)C. The van der Waals surface area contributed by atoms with E-state index >= 15 is 0 Å². The molecule has 0 aliphatic rings. The largest absolute Gasteiger partial charge is 0.461 e. The Morgan fingerprint density at radius 1 is 0.971 bits per heavy atom. The Morgan fingerprint density at radius 3 is 2.17 bits per heavy atom. The third kappa shape index (κ3) is 10.0. The highest BCUT2D eigenvalue weighted by Gasteiger charge is 2.26. The van der Waals surface area contributed by atoms with Crippen molar-refractivity contribution in [3.63, 3.8) is 0 Å². The lowest BCUT2D eigenvalue weighted by Gasteiger charge is -2.25. The summed E-state index contributed by atoms with van der Waals surface area (Å²) in [6.45, 7) is 13.3. The fourth-order valence-electron chi connectivity index (χ4n) is 3.14. The second-order valence-electron chi connectivity index (χ2n) is 9.44. The van der Waals surface area contributed by atoms with E-state index in [9.17, 15) is 19.2 Å². The molecule has 0 spiro atoms. The summed E-state index contributed by atoms with van der Waals surface area (Å²) >= 11 is 0. The number of carbonyl (C=O) groups excluding carboxylic acids is 4. The van der Waals surface area contributed by atoms with E-state index in [0.29, 0.717) is 11.3 Å². The molecule has 6 N–H and O–H groups in total. The molecule has 0 heterocycles. The van der Waals surface area contributed by atoms with Gasteiger partial charge in [0.15, 0.2) is 0 Å². The van der Waals surface area contributed by atoms with E-state index in [2.05, 4.69) is 21.3 Å². The minimum Gasteiger partial charge on any atom is -0.461 e. The number of amides is 3. The van der Waals surface area contributed by atoms with Crippen molar-refractivity contribution in [1.29, 1.82) is 0 Å². The average Bonchev–Trinajstić information content (AvgIpc) is 2.79. The zero-order chi connectivity index (χ0) is 26.7. The fraction of sp³-hybridized carbons (Fsp3) is 0.600. The van der Waals surface area contributed by atoms with Crippen LogP contribution in [0.5, 0.6) is 0 Å². The minimum absolute atomic E-state index is 0.0413. The standard InChI is InChI=1S/C25H41N5O5/c1-14(2)21(28-16(5)6)24(33)29-17(7)22(31)30-19-9-8-18(13-35-25(34)15(3)4)20(12-19)23(32)27-11-10-26/h8-9,12,14-17,21,28H,10-11,13,26H2,1-7H3,(H,27,32)(H,29,33)(H,30,31)/t17-,21-/m0/s1. The topological polar surface area (TPSA) is 152 Å². The number of hydrogen-bond acceptors (Lipinski definition) is 7. The molecule has 2 atom stereocenters. The number of hydrogen-bond donors (Lipinski definition) is 5. The molecular formula is C25H41N5O5. The highest BCUT2D eigenvalue weighted by atomic mass is 16.5. The van der Waals surface area contributed by atoms with Gasteiger partial charge in [-0.3, -0.25) is 19.2 Å². The molecule has 3 amide bonds. The molecule has 10 heteroatoms. The Hall–Kier alpha value is -2.98. The highest BCUT2D eigenvalue weighted by molar-refractivity contribution is 6.00. The van der Waals surface area contributed by atoms with Crippen LogP contribution in [0, 0.1) is 11.8 Å². The molecule has 0 saturated heterocycles. The van der Waals surface area contributed by atoms with Crippen LogP contribution in [0.4, 0.5) is 5.69 Å². The van der Waals surface area contributed by atoms with Crippen LogP contribution >= 0.6 is 0 Å². The van der Waals surface area contributed by atoms with Gasteiger partial charge in [-0.2, -0.15) is 0 Å². The van der Waals surface area contributed by atoms with Crippen molar-refractivity contribution in [1.82, 2.24) is 16.0 Å². The summed E-state index contributed by atoms with van der Waals surface area (Å²) in [6.07, 6.45) is 0. The quantitative estimate of drug-likeness (QED) is 0.263. The molecule has 0 unspecified atom stereocenters. The monoisotopic (exact) mass is 491 g/mol. The number of esters is 1. The Morgan fingerprint density at radius 2 is 1.63 bits per heavy atom. The van der Waals surface area contributed by atoms with Crippen molar-refractivity contribution >= 4 is 29.4 Å². The summed E-state index contributed by atoms with van der Waals surface area (Å²) in [7, 11) is 0. The maximum Gasteiger partial charge on any atom is 0.308 e. The lowest BCUT2D eigenvalue weighted by atomic mass is 10.0. The van der Waals surface area contributed by atoms with Crippen LogP contribution in [0.3, 0.4) is 0 Å². The third-order valence-electron chi connectivity index (χ3n) is 5.11. The van der Waals surface area contributed by atoms with Gasteiger partial charge in [-0.1, -0.05) is 47.6 Å². The van der Waals surface area contributed by atoms with Crippen molar-refractivity contribution < 1.29 is 23.9 Å². The summed E-state index contributed by atoms with van der Waals surface area (Å²) < 4.78 is 5.27. The molecule has 0 radical (unpaired) electrons. The van der Waals surface area contributed by atoms with Crippen molar-refractivity contribution in [2.45, 2.75) is 73.2 Å². The number of ether oxygens (including phenoxy) is 1. The van der Waals surface area contributed by atoms with Gasteiger partial charge in [-0.15, -0.1) is 0 Å². The van der Waals surface area contributed by atoms with Gasteiger partial charge in [0.1, 0.15) is 12.6 Å². The molecule has 10 nitrogen and oxygen atoms in total. The summed E-state index contributed by atoms with van der Waals surface area (Å²) in [5, 5.41) is 11.4. The van der Waals surface area contributed by atoms with E-state index in [1.54, 1.807) is 32.9 Å². The van der Waals surface area contributed by atoms with Crippen molar-refractivity contribution in [2.24, 2.45) is 17.6 Å². The fourth-order valence-corrected chi connectivity index (χ4v) is 3.14. The Kier molecular flexibility index (Phi) is 12.4. The molecule has 1 rings (SSSR count). The maximum atomic E-state index is 12.8. The molecule has 0 fully saturated rings. The van der Waals surface area contributed by atoms with Gasteiger partial charge in [0.2, 0.25) is 11.8 Å². The summed E-state index contributed by atoms with van der Waals surface area (Å²) in [4.78, 5) is 50.0. The summed E-state index contributed by atoms with van der Waals surface area (Å²) in [5.74, 6) is -1.74. The van der Waals surface area contributed by atoms with Crippen LogP contribution in [-0.2, 0) is 25.7 Å². The Labute approximate surface area is 208 Å². The molecule has 0 saturated carbocycles. The molecule has 1 aromatic carbocycles. The molecule has 0 aliphatic carbocycles. The number of nitrogens with two attached hydrogens (primary N) is 1. The molecule has 1 aromatic rings. The zero-order valence-corrected chi connectivity index (χ0v) is 21.9. The van der Waals surface area contributed by atoms with Crippen LogP contribution in [-0.4, -0.2) is 54.9 Å². The third-order valence-corrected chi connectivity index (χ3v) is 5.11. The first-order valence-electron chi connectivity index (χ1n) is 12.0. The number of nitrogens with one attached hydrogen (secondary N) is 4. The predicted molar refractivity (Wildman–Crippen MR) is 136 cm³/mol. The molecule has 196 valence electrons. The van der Waals surface area contributed by atoms with Gasteiger partial charge in [0, 0.05) is 35.9 Å². The normalized spacial score (nSPS) is 12.9. The molecule has 35 heavy (non-hydrogen) atoms. The summed E-state index contributed by atoms with van der Waals surface area (Å²) in [5.41, 5.74) is 6.60. The van der Waals surface area contributed by atoms with Gasteiger partial charge in [0.05, 0.1) is 12.0 Å². The first-order valence-corrected chi connectivity index (χ1v) is 12.0. The Bertz CT molecular complexity index is 885. The zero-order valence-electron chi connectivity index (χ0n) is 21.9. The lowest BCUT2D eigenvalue weighted by Crippen LogP contribution is -2.53. The summed E-state index contributed by atoms with van der Waals surface area (Å²) in [6, 6.07) is 3.61. The van der Waals surface area contributed by atoms with Crippen molar-refractivity contribution in [2.75, 3.05) is 18.4 Å². The first-order chi connectivity index (χ1) is 16.4. The van der Waals surface area contributed by atoms with E-state index < -0.39 is 23.9 Å². The van der Waals surface area contributed by atoms with E-state index in [1.807, 2.05) is 27.7 Å². The van der Waals surface area contributed by atoms with Crippen LogP contribution in [0.1, 0.15) is 64.4 Å². The van der Waals surface area contributed by atoms with Gasteiger partial charge in [0.25, 0.3) is 5.91 Å². The highest BCUT2D eigenvalue weighted by Crippen LogP contribution is 2.18. The first kappa shape index (κ1) is 30.1. The van der Waals surface area contributed by atoms with Crippen LogP contribution < -0.4 is 27.0 Å². The van der Waals surface area contributed by atoms with Crippen molar-refractivity contribution in [3.8, 4) is 0 Å². The molecular weight excluding hydrogens is 450 g/mol. The van der Waals surface area contributed by atoms with E-state index in [0.717, 1.165) is 0 Å². The van der Waals surface area contributed by atoms with Gasteiger partial charge in [-0.05, 0) is 25.0 Å². The van der Waals surface area contributed by atoms with Crippen LogP contribution in [0.15, 0.2) is 18.2 Å². The van der Waals surface area contributed by atoms with Gasteiger partial charge < -0.3 is 31.7 Å². The predicted octanol–water partition coefficient (Wildman–Crippen LogP) is 1.54. The number of anilines is 1. The maximum absolute atomic E-state index is 12.8. The molecule has 0 aliphatic heterocycles. The molecule has 0 bridgehead atoms. The van der Waals surface area contributed by atoms with E-state index in [4.69, 9.17) is 10.5 Å². The van der Waals surface area contributed by atoms with Crippen molar-refractivity contribution in [3.05, 3.63) is 29.3 Å². The number of carbonyl (C=O) groups is 4. The number of rotatable bonds is 13. The van der Waals surface area contributed by atoms with E-state index in [-0.39, 0.29) is 55.0 Å². The number of benzene rings is 1. The van der Waals surface area contributed by atoms with Crippen LogP contribution in [0.25, 0.3) is 0 Å². The average molecular weight is 492 g/mol. The van der Waals surface area contributed by atoms with E-state index in [1.165, 1.54) is 6.07 Å². The minimum atomic E-state index is -0.807. The second-order valence-corrected chi connectivity index (χ2v) is 9.44.